The summed E-state index contributed by atoms with van der Waals surface area (Å²) in [6.07, 6.45) is 1.45. The second kappa shape index (κ2) is 7.28. The zero-order valence-electron chi connectivity index (χ0n) is 13.6. The number of carbonyl (C=O) groups is 1. The summed E-state index contributed by atoms with van der Waals surface area (Å²) >= 11 is 1.49. The summed E-state index contributed by atoms with van der Waals surface area (Å²) in [5, 5.41) is 9.67. The molecule has 1 amide bonds. The molecule has 2 heterocycles. The van der Waals surface area contributed by atoms with Crippen LogP contribution in [0.3, 0.4) is 0 Å². The molecule has 0 aliphatic rings. The Morgan fingerprint density at radius 2 is 2.19 bits per heavy atom. The minimum Gasteiger partial charge on any atom is -0.496 e. The smallest absolute Gasteiger partial charge is 0.255 e. The van der Waals surface area contributed by atoms with Crippen LogP contribution in [-0.2, 0) is 16.6 Å². The van der Waals surface area contributed by atoms with Gasteiger partial charge in [-0.1, -0.05) is 6.07 Å². The quantitative estimate of drug-likeness (QED) is 0.660. The number of hydrogen-bond donors (Lipinski definition) is 2. The monoisotopic (exact) mass is 393 g/mol. The van der Waals surface area contributed by atoms with Crippen LogP contribution < -0.4 is 15.2 Å². The summed E-state index contributed by atoms with van der Waals surface area (Å²) in [5.41, 5.74) is 0.587. The van der Waals surface area contributed by atoms with E-state index >= 15 is 0 Å². The number of nitrogens with two attached hydrogens (primary N) is 1. The molecule has 0 aliphatic carbocycles. The van der Waals surface area contributed by atoms with Crippen LogP contribution in [0, 0.1) is 0 Å². The van der Waals surface area contributed by atoms with Gasteiger partial charge in [-0.25, -0.2) is 18.5 Å². The van der Waals surface area contributed by atoms with Crippen LogP contribution in [0.2, 0.25) is 0 Å². The van der Waals surface area contributed by atoms with Crippen molar-refractivity contribution in [1.29, 1.82) is 0 Å². The molecule has 0 saturated heterocycles. The van der Waals surface area contributed by atoms with E-state index in [-0.39, 0.29) is 22.8 Å². The van der Waals surface area contributed by atoms with Crippen molar-refractivity contribution < 1.29 is 22.4 Å². The number of carbonyl (C=O) groups excluding carboxylic acids is 1. The van der Waals surface area contributed by atoms with Crippen LogP contribution in [0.25, 0.3) is 10.8 Å². The first-order valence-electron chi connectivity index (χ1n) is 7.36. The van der Waals surface area contributed by atoms with E-state index in [0.717, 1.165) is 4.88 Å². The number of ether oxygens (including phenoxy) is 1. The third kappa shape index (κ3) is 3.93. The Morgan fingerprint density at radius 1 is 1.38 bits per heavy atom. The lowest BCUT2D eigenvalue weighted by atomic mass is 10.2. The Kier molecular flexibility index (Phi) is 5.07. The normalized spacial score (nSPS) is 11.3. The van der Waals surface area contributed by atoms with E-state index in [4.69, 9.17) is 14.3 Å². The third-order valence-electron chi connectivity index (χ3n) is 3.46. The fraction of sp³-hybridized carbons (Fsp3) is 0.125. The maximum atomic E-state index is 12.4. The molecule has 10 heteroatoms. The molecule has 26 heavy (non-hydrogen) atoms. The fourth-order valence-electron chi connectivity index (χ4n) is 2.21. The lowest BCUT2D eigenvalue weighted by Gasteiger charge is -2.10. The van der Waals surface area contributed by atoms with Crippen molar-refractivity contribution >= 4 is 27.3 Å². The van der Waals surface area contributed by atoms with E-state index in [9.17, 15) is 13.2 Å². The Bertz CT molecular complexity index is 1030. The number of hydrogen-bond acceptors (Lipinski definition) is 7. The van der Waals surface area contributed by atoms with Crippen LogP contribution in [-0.4, -0.2) is 26.4 Å². The van der Waals surface area contributed by atoms with Crippen molar-refractivity contribution in [3.05, 3.63) is 53.2 Å². The van der Waals surface area contributed by atoms with Gasteiger partial charge in [0.05, 0.1) is 34.7 Å². The number of primary sulfonamides is 1. The van der Waals surface area contributed by atoms with Crippen LogP contribution >= 0.6 is 11.3 Å². The molecule has 0 radical (unpaired) electrons. The van der Waals surface area contributed by atoms with Crippen molar-refractivity contribution in [2.45, 2.75) is 11.4 Å². The van der Waals surface area contributed by atoms with E-state index < -0.39 is 15.9 Å². The number of rotatable bonds is 6. The van der Waals surface area contributed by atoms with E-state index in [2.05, 4.69) is 10.3 Å². The van der Waals surface area contributed by atoms with Crippen molar-refractivity contribution in [3.63, 3.8) is 0 Å². The van der Waals surface area contributed by atoms with Gasteiger partial charge < -0.3 is 14.5 Å². The molecule has 3 N–H and O–H groups in total. The minimum absolute atomic E-state index is 0.0565. The third-order valence-corrected chi connectivity index (χ3v) is 5.23. The highest BCUT2D eigenvalue weighted by molar-refractivity contribution is 7.89. The molecule has 136 valence electrons. The Morgan fingerprint density at radius 3 is 2.85 bits per heavy atom. The molecule has 0 spiro atoms. The highest BCUT2D eigenvalue weighted by Crippen LogP contribution is 2.24. The van der Waals surface area contributed by atoms with Crippen molar-refractivity contribution in [2.24, 2.45) is 5.14 Å². The lowest BCUT2D eigenvalue weighted by Crippen LogP contribution is -2.24. The molecule has 0 unspecified atom stereocenters. The molecule has 3 aromatic rings. The Hall–Kier alpha value is -2.69. The number of sulfonamides is 1. The fourth-order valence-corrected chi connectivity index (χ4v) is 3.40. The SMILES string of the molecule is COc1ccc(S(N)(=O)=O)cc1C(=O)NCc1coc(-c2cccs2)n1. The number of aromatic nitrogens is 1. The molecule has 1 aromatic carbocycles. The van der Waals surface area contributed by atoms with Gasteiger partial charge in [0.1, 0.15) is 12.0 Å². The molecular formula is C16H15N3O5S2. The molecule has 8 nitrogen and oxygen atoms in total. The van der Waals surface area contributed by atoms with Gasteiger partial charge >= 0.3 is 0 Å². The largest absolute Gasteiger partial charge is 0.496 e. The summed E-state index contributed by atoms with van der Waals surface area (Å²) in [5.74, 6) is 0.181. The summed E-state index contributed by atoms with van der Waals surface area (Å²) < 4.78 is 33.5. The molecular weight excluding hydrogens is 378 g/mol. The summed E-state index contributed by atoms with van der Waals surface area (Å²) in [6.45, 7) is 0.108. The predicted molar refractivity (Wildman–Crippen MR) is 95.4 cm³/mol. The Labute approximate surface area is 153 Å². The van der Waals surface area contributed by atoms with Gasteiger partial charge in [-0.2, -0.15) is 0 Å². The maximum Gasteiger partial charge on any atom is 0.255 e. The van der Waals surface area contributed by atoms with Crippen LogP contribution in [0.15, 0.2) is 51.3 Å². The highest BCUT2D eigenvalue weighted by Gasteiger charge is 2.18. The second-order valence-corrected chi connectivity index (χ2v) is 7.72. The lowest BCUT2D eigenvalue weighted by molar-refractivity contribution is 0.0947. The average molecular weight is 393 g/mol. The average Bonchev–Trinajstić information content (AvgIpc) is 3.29. The van der Waals surface area contributed by atoms with Gasteiger partial charge in [-0.3, -0.25) is 4.79 Å². The number of benzene rings is 1. The van der Waals surface area contributed by atoms with Gasteiger partial charge in [0.25, 0.3) is 5.91 Å². The molecule has 0 saturated carbocycles. The topological polar surface area (TPSA) is 125 Å². The molecule has 3 rings (SSSR count). The Balaban J connectivity index is 1.76. The molecule has 0 bridgehead atoms. The zero-order chi connectivity index (χ0) is 18.7. The summed E-state index contributed by atoms with van der Waals surface area (Å²) in [7, 11) is -2.55. The van der Waals surface area contributed by atoms with Gasteiger partial charge in [-0.05, 0) is 29.6 Å². The molecule has 0 aliphatic heterocycles. The van der Waals surface area contributed by atoms with Crippen molar-refractivity contribution in [3.8, 4) is 16.5 Å². The van der Waals surface area contributed by atoms with Crippen molar-refractivity contribution in [2.75, 3.05) is 7.11 Å². The maximum absolute atomic E-state index is 12.4. The number of nitrogens with zero attached hydrogens (tertiary/aromatic N) is 1. The van der Waals surface area contributed by atoms with Crippen LogP contribution in [0.4, 0.5) is 0 Å². The van der Waals surface area contributed by atoms with Gasteiger partial charge in [0.15, 0.2) is 0 Å². The van der Waals surface area contributed by atoms with E-state index in [1.54, 1.807) is 0 Å². The second-order valence-electron chi connectivity index (χ2n) is 5.21. The molecule has 0 atom stereocenters. The summed E-state index contributed by atoms with van der Waals surface area (Å²) in [6, 6.07) is 7.58. The minimum atomic E-state index is -3.93. The first-order chi connectivity index (χ1) is 12.4. The van der Waals surface area contributed by atoms with E-state index in [1.807, 2.05) is 17.5 Å². The van der Waals surface area contributed by atoms with Gasteiger partial charge in [0, 0.05) is 0 Å². The van der Waals surface area contributed by atoms with Crippen molar-refractivity contribution in [1.82, 2.24) is 10.3 Å². The molecule has 2 aromatic heterocycles. The van der Waals surface area contributed by atoms with Gasteiger partial charge in [-0.15, -0.1) is 11.3 Å². The highest BCUT2D eigenvalue weighted by atomic mass is 32.2. The van der Waals surface area contributed by atoms with E-state index in [1.165, 1.54) is 42.9 Å². The first-order valence-corrected chi connectivity index (χ1v) is 9.78. The molecule has 0 fully saturated rings. The predicted octanol–water partition coefficient (Wildman–Crippen LogP) is 1.99. The number of thiophene rings is 1. The van der Waals surface area contributed by atoms with Gasteiger partial charge in [0.2, 0.25) is 15.9 Å². The number of amides is 1. The first kappa shape index (κ1) is 18.1. The van der Waals surface area contributed by atoms with E-state index in [0.29, 0.717) is 11.6 Å². The number of methoxy groups -OCH3 is 1. The standard InChI is InChI=1S/C16H15N3O5S2/c1-23-13-5-4-11(26(17,21)22)7-12(13)15(20)18-8-10-9-24-16(19-10)14-3-2-6-25-14/h2-7,9H,8H2,1H3,(H,18,20)(H2,17,21,22). The zero-order valence-corrected chi connectivity index (χ0v) is 15.3. The summed E-state index contributed by atoms with van der Waals surface area (Å²) in [4.78, 5) is 17.4. The van der Waals surface area contributed by atoms with Crippen LogP contribution in [0.5, 0.6) is 5.75 Å². The van der Waals surface area contributed by atoms with Crippen LogP contribution in [0.1, 0.15) is 16.1 Å². The number of oxazole rings is 1. The number of nitrogens with one attached hydrogen (secondary N) is 1.